The van der Waals surface area contributed by atoms with Crippen LogP contribution in [-0.4, -0.2) is 4.98 Å². The van der Waals surface area contributed by atoms with Crippen LogP contribution in [0.4, 0.5) is 0 Å². The molecule has 0 aliphatic rings. The molecular formula is C5H3Br2NS2. The van der Waals surface area contributed by atoms with Gasteiger partial charge in [0.2, 0.25) is 0 Å². The van der Waals surface area contributed by atoms with E-state index < -0.39 is 0 Å². The summed E-state index contributed by atoms with van der Waals surface area (Å²) < 4.78 is 0. The average molecular weight is 301 g/mol. The van der Waals surface area contributed by atoms with Crippen LogP contribution in [0.3, 0.4) is 0 Å². The van der Waals surface area contributed by atoms with Crippen LogP contribution in [0.15, 0.2) is 28.3 Å². The molecule has 1 aromatic heterocycles. The predicted octanol–water partition coefficient (Wildman–Crippen LogP) is 3.89. The van der Waals surface area contributed by atoms with Gasteiger partial charge in [-0.3, -0.25) is 0 Å². The van der Waals surface area contributed by atoms with E-state index in [9.17, 15) is 0 Å². The van der Waals surface area contributed by atoms with Crippen LogP contribution < -0.4 is 0 Å². The highest BCUT2D eigenvalue weighted by molar-refractivity contribution is 9.50. The van der Waals surface area contributed by atoms with Crippen LogP contribution in [0.25, 0.3) is 0 Å². The average Bonchev–Trinajstić information content (AvgIpc) is 2.04. The molecule has 0 amide bonds. The Morgan fingerprint density at radius 2 is 2.10 bits per heavy atom. The van der Waals surface area contributed by atoms with Crippen LogP contribution >= 0.6 is 50.0 Å². The summed E-state index contributed by atoms with van der Waals surface area (Å²) in [5.41, 5.74) is 0. The lowest BCUT2D eigenvalue weighted by Gasteiger charge is -1.97. The van der Waals surface area contributed by atoms with E-state index in [0.29, 0.717) is 0 Å². The highest BCUT2D eigenvalue weighted by Gasteiger charge is 1.99. The Balaban J connectivity index is 2.96. The van der Waals surface area contributed by atoms with Crippen molar-refractivity contribution in [1.82, 2.24) is 4.98 Å². The Hall–Kier alpha value is 0.810. The van der Waals surface area contributed by atoms with Gasteiger partial charge < -0.3 is 0 Å². The molecule has 1 rings (SSSR count). The quantitative estimate of drug-likeness (QED) is 0.822. The maximum atomic E-state index is 4.13. The van der Waals surface area contributed by atoms with Gasteiger partial charge in [-0.05, 0) is 62.1 Å². The van der Waals surface area contributed by atoms with E-state index in [0.717, 1.165) is 9.92 Å². The summed E-state index contributed by atoms with van der Waals surface area (Å²) in [4.78, 5) is 5.26. The molecule has 0 N–H and O–H groups in total. The minimum absolute atomic E-state index is 0.990. The predicted molar refractivity (Wildman–Crippen MR) is 53.8 cm³/mol. The fraction of sp³-hybridized carbons (Fsp3) is 0. The minimum Gasteiger partial charge on any atom is -0.248 e. The molecule has 0 aliphatic heterocycles. The molecule has 0 aromatic carbocycles. The zero-order valence-corrected chi connectivity index (χ0v) is 9.56. The summed E-state index contributed by atoms with van der Waals surface area (Å²) in [6.07, 6.45) is 1.77. The number of nitrogens with zero attached hydrogens (tertiary/aromatic N) is 1. The van der Waals surface area contributed by atoms with Crippen molar-refractivity contribution < 1.29 is 0 Å². The molecule has 54 valence electrons. The Morgan fingerprint density at radius 3 is 2.60 bits per heavy atom. The number of pyridine rings is 1. The lowest BCUT2D eigenvalue weighted by Crippen LogP contribution is -1.76. The number of hydrogen-bond acceptors (Lipinski definition) is 3. The van der Waals surface area contributed by atoms with Crippen molar-refractivity contribution >= 4 is 50.0 Å². The van der Waals surface area contributed by atoms with E-state index in [2.05, 4.69) is 34.6 Å². The molecule has 5 heteroatoms. The molecule has 1 nitrogen and oxygen atoms in total. The van der Waals surface area contributed by atoms with Gasteiger partial charge in [0.15, 0.2) is 0 Å². The van der Waals surface area contributed by atoms with Crippen molar-refractivity contribution in [2.24, 2.45) is 0 Å². The van der Waals surface area contributed by atoms with Crippen molar-refractivity contribution in [2.45, 2.75) is 9.92 Å². The highest BCUT2D eigenvalue weighted by Crippen LogP contribution is 2.34. The molecule has 0 unspecified atom stereocenters. The zero-order valence-electron chi connectivity index (χ0n) is 4.75. The van der Waals surface area contributed by atoms with Crippen molar-refractivity contribution in [3.63, 3.8) is 0 Å². The molecule has 10 heavy (non-hydrogen) atoms. The van der Waals surface area contributed by atoms with Crippen LogP contribution in [0, 0.1) is 0 Å². The largest absolute Gasteiger partial charge is 0.248 e. The van der Waals surface area contributed by atoms with Gasteiger partial charge in [-0.1, -0.05) is 0 Å². The second-order valence-electron chi connectivity index (χ2n) is 1.46. The van der Waals surface area contributed by atoms with Crippen molar-refractivity contribution in [2.75, 3.05) is 0 Å². The van der Waals surface area contributed by atoms with E-state index in [1.165, 1.54) is 20.4 Å². The van der Waals surface area contributed by atoms with Gasteiger partial charge >= 0.3 is 0 Å². The molecule has 0 atom stereocenters. The van der Waals surface area contributed by atoms with Gasteiger partial charge in [-0.15, -0.1) is 0 Å². The topological polar surface area (TPSA) is 12.9 Å². The number of aromatic nitrogens is 1. The van der Waals surface area contributed by atoms with Crippen LogP contribution in [0.1, 0.15) is 0 Å². The van der Waals surface area contributed by atoms with Gasteiger partial charge in [0.25, 0.3) is 0 Å². The SMILES string of the molecule is BrSc1cccnc1SBr. The smallest absolute Gasteiger partial charge is 0.121 e. The molecule has 1 heterocycles. The first-order valence-electron chi connectivity index (χ1n) is 2.40. The third kappa shape index (κ3) is 2.15. The first-order valence-corrected chi connectivity index (χ1v) is 7.72. The fourth-order valence-corrected chi connectivity index (χ4v) is 3.44. The summed E-state index contributed by atoms with van der Waals surface area (Å²) in [5.74, 6) is 0. The third-order valence-electron chi connectivity index (χ3n) is 0.892. The van der Waals surface area contributed by atoms with E-state index in [1.54, 1.807) is 6.20 Å². The van der Waals surface area contributed by atoms with Gasteiger partial charge in [0.05, 0.1) is 4.90 Å². The molecule has 0 aliphatic carbocycles. The molecule has 0 radical (unpaired) electrons. The van der Waals surface area contributed by atoms with Crippen LogP contribution in [-0.2, 0) is 0 Å². The summed E-state index contributed by atoms with van der Waals surface area (Å²) >= 11 is 6.56. The second kappa shape index (κ2) is 4.64. The Kier molecular flexibility index (Phi) is 4.13. The lowest BCUT2D eigenvalue weighted by molar-refractivity contribution is 1.05. The molecule has 0 saturated carbocycles. The van der Waals surface area contributed by atoms with E-state index >= 15 is 0 Å². The maximum absolute atomic E-state index is 4.13. The number of halogens is 2. The molecule has 0 fully saturated rings. The Morgan fingerprint density at radius 1 is 1.30 bits per heavy atom. The number of hydrogen-bond donors (Lipinski definition) is 0. The molecular weight excluding hydrogens is 298 g/mol. The fourth-order valence-electron chi connectivity index (χ4n) is 0.493. The van der Waals surface area contributed by atoms with Crippen molar-refractivity contribution in [3.05, 3.63) is 18.3 Å². The van der Waals surface area contributed by atoms with Gasteiger partial charge in [-0.2, -0.15) is 0 Å². The highest BCUT2D eigenvalue weighted by atomic mass is 79.9. The summed E-state index contributed by atoms with van der Waals surface area (Å²) in [7, 11) is 2.99. The number of rotatable bonds is 2. The molecule has 0 saturated heterocycles. The summed E-state index contributed by atoms with van der Waals surface area (Å²) in [5, 5.41) is 0.990. The standard InChI is InChI=1S/C5H3Br2NS2/c6-9-4-2-1-3-8-5(4)10-7/h1-3H. The third-order valence-corrected chi connectivity index (χ3v) is 3.96. The van der Waals surface area contributed by atoms with E-state index in [4.69, 9.17) is 0 Å². The van der Waals surface area contributed by atoms with Crippen molar-refractivity contribution in [3.8, 4) is 0 Å². The molecule has 0 spiro atoms. The molecule has 0 bridgehead atoms. The van der Waals surface area contributed by atoms with Gasteiger partial charge in [0, 0.05) is 6.20 Å². The van der Waals surface area contributed by atoms with Crippen LogP contribution in [0.5, 0.6) is 0 Å². The maximum Gasteiger partial charge on any atom is 0.121 e. The monoisotopic (exact) mass is 299 g/mol. The van der Waals surface area contributed by atoms with E-state index in [-0.39, 0.29) is 0 Å². The Labute approximate surface area is 82.8 Å². The minimum atomic E-state index is 0.990. The molecule has 1 aromatic rings. The first kappa shape index (κ1) is 8.90. The summed E-state index contributed by atoms with van der Waals surface area (Å²) in [6.45, 7) is 0. The van der Waals surface area contributed by atoms with Crippen LogP contribution in [0.2, 0.25) is 0 Å². The second-order valence-corrected chi connectivity index (χ2v) is 4.54. The first-order chi connectivity index (χ1) is 4.88. The lowest BCUT2D eigenvalue weighted by atomic mass is 10.5. The Bertz CT molecular complexity index is 196. The van der Waals surface area contributed by atoms with Gasteiger partial charge in [-0.25, -0.2) is 4.98 Å². The zero-order chi connectivity index (χ0) is 7.40. The van der Waals surface area contributed by atoms with E-state index in [1.807, 2.05) is 12.1 Å². The summed E-state index contributed by atoms with van der Waals surface area (Å²) in [6, 6.07) is 3.92. The van der Waals surface area contributed by atoms with Crippen molar-refractivity contribution in [1.29, 1.82) is 0 Å². The normalized spacial score (nSPS) is 9.80. The van der Waals surface area contributed by atoms with Gasteiger partial charge in [0.1, 0.15) is 5.03 Å².